The van der Waals surface area contributed by atoms with Gasteiger partial charge in [-0.05, 0) is 27.2 Å². The molecule has 0 aromatic rings. The Labute approximate surface area is 134 Å². The molecule has 0 unspecified atom stereocenters. The summed E-state index contributed by atoms with van der Waals surface area (Å²) in [6.45, 7) is 6.21. The van der Waals surface area contributed by atoms with Gasteiger partial charge in [0.05, 0.1) is 13.2 Å². The minimum Gasteiger partial charge on any atom is -0.460 e. The zero-order chi connectivity index (χ0) is 17.0. The summed E-state index contributed by atoms with van der Waals surface area (Å²) in [5.41, 5.74) is -0.492. The molecule has 132 valence electrons. The minimum atomic E-state index is -0.839. The predicted molar refractivity (Wildman–Crippen MR) is 76.2 cm³/mol. The van der Waals surface area contributed by atoms with Gasteiger partial charge in [-0.25, -0.2) is 0 Å². The van der Waals surface area contributed by atoms with Crippen molar-refractivity contribution in [2.75, 3.05) is 19.8 Å². The molecule has 0 aliphatic carbocycles. The second-order valence-corrected chi connectivity index (χ2v) is 6.56. The lowest BCUT2D eigenvalue weighted by Gasteiger charge is -2.20. The van der Waals surface area contributed by atoms with Crippen LogP contribution in [0.25, 0.3) is 0 Å². The summed E-state index contributed by atoms with van der Waals surface area (Å²) in [4.78, 5) is 26.5. The highest BCUT2D eigenvalue weighted by atomic mass is 17.0. The van der Waals surface area contributed by atoms with Gasteiger partial charge in [-0.1, -0.05) is 0 Å². The first-order valence-corrected chi connectivity index (χ1v) is 7.64. The number of hydrogen-bond acceptors (Lipinski definition) is 8. The maximum atomic E-state index is 11.6. The van der Waals surface area contributed by atoms with Crippen molar-refractivity contribution < 1.29 is 33.7 Å². The lowest BCUT2D eigenvalue weighted by atomic mass is 10.1. The first kappa shape index (κ1) is 17.9. The molecule has 0 saturated carbocycles. The van der Waals surface area contributed by atoms with Gasteiger partial charge in [-0.15, -0.1) is 10.1 Å². The third-order valence-corrected chi connectivity index (χ3v) is 3.46. The third-order valence-electron chi connectivity index (χ3n) is 3.46. The van der Waals surface area contributed by atoms with Crippen LogP contribution in [0.1, 0.15) is 33.6 Å². The zero-order valence-corrected chi connectivity index (χ0v) is 13.6. The molecule has 2 aliphatic rings. The lowest BCUT2D eigenvalue weighted by molar-refractivity contribution is -0.769. The van der Waals surface area contributed by atoms with Crippen LogP contribution in [-0.2, 0) is 28.6 Å². The Kier molecular flexibility index (Phi) is 5.77. The normalized spacial score (nSPS) is 30.0. The average molecular weight is 333 g/mol. The van der Waals surface area contributed by atoms with E-state index in [1.165, 1.54) is 0 Å². The number of fused-ring (bicyclic) bond motifs is 1. The fourth-order valence-corrected chi connectivity index (χ4v) is 2.62. The van der Waals surface area contributed by atoms with E-state index in [1.807, 2.05) is 20.8 Å². The van der Waals surface area contributed by atoms with E-state index >= 15 is 0 Å². The Morgan fingerprint density at radius 3 is 2.43 bits per heavy atom. The van der Waals surface area contributed by atoms with Crippen molar-refractivity contribution in [2.24, 2.45) is 0 Å². The molecule has 23 heavy (non-hydrogen) atoms. The molecule has 0 spiro atoms. The summed E-state index contributed by atoms with van der Waals surface area (Å²) in [7, 11) is 0. The summed E-state index contributed by atoms with van der Waals surface area (Å²) in [5.74, 6) is -0.266. The molecule has 0 aromatic carbocycles. The van der Waals surface area contributed by atoms with Crippen LogP contribution in [-0.4, -0.2) is 60.9 Å². The highest BCUT2D eigenvalue weighted by Crippen LogP contribution is 2.30. The Bertz CT molecular complexity index is 435. The van der Waals surface area contributed by atoms with Crippen molar-refractivity contribution in [3.8, 4) is 0 Å². The number of nitrogens with zero attached hydrogens (tertiary/aromatic N) is 1. The van der Waals surface area contributed by atoms with Gasteiger partial charge in [0.25, 0.3) is 5.09 Å². The second kappa shape index (κ2) is 7.41. The smallest absolute Gasteiger partial charge is 0.306 e. The fraction of sp³-hybridized carbons (Fsp3) is 0.929. The fourth-order valence-electron chi connectivity index (χ4n) is 2.62. The number of carbonyl (C=O) groups excluding carboxylic acids is 1. The Hall–Kier alpha value is -1.45. The molecular formula is C14H23NO8. The molecule has 0 aromatic heterocycles. The van der Waals surface area contributed by atoms with Gasteiger partial charge in [-0.3, -0.25) is 4.79 Å². The summed E-state index contributed by atoms with van der Waals surface area (Å²) in [6.07, 6.45) is -1.09. The Balaban J connectivity index is 1.66. The Morgan fingerprint density at radius 1 is 1.22 bits per heavy atom. The number of rotatable bonds is 7. The van der Waals surface area contributed by atoms with Crippen LogP contribution in [0, 0.1) is 10.1 Å². The quantitative estimate of drug-likeness (QED) is 0.292. The lowest BCUT2D eigenvalue weighted by Crippen LogP contribution is -2.35. The van der Waals surface area contributed by atoms with Gasteiger partial charge in [0.2, 0.25) is 0 Å². The van der Waals surface area contributed by atoms with E-state index in [0.29, 0.717) is 19.6 Å². The summed E-state index contributed by atoms with van der Waals surface area (Å²) >= 11 is 0. The second-order valence-electron chi connectivity index (χ2n) is 6.56. The zero-order valence-electron chi connectivity index (χ0n) is 13.6. The molecule has 9 heteroatoms. The highest BCUT2D eigenvalue weighted by molar-refractivity contribution is 5.69. The van der Waals surface area contributed by atoms with Gasteiger partial charge in [0, 0.05) is 13.0 Å². The predicted octanol–water partition coefficient (Wildman–Crippen LogP) is 0.868. The number of ether oxygens (including phenoxy) is 4. The van der Waals surface area contributed by atoms with Crippen LogP contribution >= 0.6 is 0 Å². The maximum Gasteiger partial charge on any atom is 0.306 e. The molecule has 0 amide bonds. The van der Waals surface area contributed by atoms with E-state index in [1.54, 1.807) is 0 Å². The molecule has 2 fully saturated rings. The van der Waals surface area contributed by atoms with Crippen molar-refractivity contribution in [2.45, 2.75) is 63.6 Å². The minimum absolute atomic E-state index is 0.105. The summed E-state index contributed by atoms with van der Waals surface area (Å²) in [6, 6.07) is 0. The van der Waals surface area contributed by atoms with Gasteiger partial charge in [0.1, 0.15) is 23.9 Å². The standard InChI is InChI=1S/C14H23NO8/c1-14(2,3)22-11(16)5-4-6-19-9-7-20-13-10(23-15(17)18)8-21-12(9)13/h9-10,12-13H,4-8H2,1-3H3/t9-,10+,12+,13+/m0/s1. The molecule has 0 bridgehead atoms. The van der Waals surface area contributed by atoms with Crippen molar-refractivity contribution >= 4 is 5.97 Å². The number of hydrogen-bond donors (Lipinski definition) is 0. The molecule has 2 saturated heterocycles. The monoisotopic (exact) mass is 333 g/mol. The van der Waals surface area contributed by atoms with Crippen molar-refractivity contribution in [1.82, 2.24) is 0 Å². The maximum absolute atomic E-state index is 11.6. The first-order valence-electron chi connectivity index (χ1n) is 7.64. The van der Waals surface area contributed by atoms with Crippen LogP contribution < -0.4 is 0 Å². The van der Waals surface area contributed by atoms with Crippen molar-refractivity contribution in [3.63, 3.8) is 0 Å². The van der Waals surface area contributed by atoms with Gasteiger partial charge in [-0.2, -0.15) is 0 Å². The van der Waals surface area contributed by atoms with Crippen LogP contribution in [0.5, 0.6) is 0 Å². The molecule has 2 aliphatic heterocycles. The first-order chi connectivity index (χ1) is 10.8. The van der Waals surface area contributed by atoms with Crippen LogP contribution in [0.4, 0.5) is 0 Å². The molecule has 2 heterocycles. The largest absolute Gasteiger partial charge is 0.460 e. The van der Waals surface area contributed by atoms with E-state index in [2.05, 4.69) is 4.84 Å². The molecular weight excluding hydrogens is 310 g/mol. The van der Waals surface area contributed by atoms with E-state index in [4.69, 9.17) is 18.9 Å². The van der Waals surface area contributed by atoms with E-state index in [9.17, 15) is 14.9 Å². The Morgan fingerprint density at radius 2 is 1.83 bits per heavy atom. The molecule has 4 atom stereocenters. The van der Waals surface area contributed by atoms with Crippen molar-refractivity contribution in [1.29, 1.82) is 0 Å². The summed E-state index contributed by atoms with van der Waals surface area (Å²) in [5, 5.41) is 9.56. The number of carbonyl (C=O) groups is 1. The van der Waals surface area contributed by atoms with E-state index in [0.717, 1.165) is 0 Å². The molecule has 9 nitrogen and oxygen atoms in total. The number of esters is 1. The molecule has 0 radical (unpaired) electrons. The SMILES string of the molecule is CC(C)(C)OC(=O)CCCO[C@H]1CO[C@H]2[C@@H]1OC[C@H]2O[N+](=O)[O-]. The van der Waals surface area contributed by atoms with Gasteiger partial charge < -0.3 is 23.8 Å². The van der Waals surface area contributed by atoms with Crippen LogP contribution in [0.15, 0.2) is 0 Å². The summed E-state index contributed by atoms with van der Waals surface area (Å²) < 4.78 is 21.8. The highest BCUT2D eigenvalue weighted by Gasteiger charge is 2.49. The molecule has 0 N–H and O–H groups in total. The van der Waals surface area contributed by atoms with Crippen molar-refractivity contribution in [3.05, 3.63) is 10.1 Å². The van der Waals surface area contributed by atoms with E-state index < -0.39 is 22.9 Å². The third kappa shape index (κ3) is 5.29. The molecule has 2 rings (SSSR count). The van der Waals surface area contributed by atoms with Gasteiger partial charge >= 0.3 is 5.97 Å². The van der Waals surface area contributed by atoms with Gasteiger partial charge in [0.15, 0.2) is 6.10 Å². The van der Waals surface area contributed by atoms with Crippen LogP contribution in [0.2, 0.25) is 0 Å². The van der Waals surface area contributed by atoms with Crippen LogP contribution in [0.3, 0.4) is 0 Å². The van der Waals surface area contributed by atoms with E-state index in [-0.39, 0.29) is 31.2 Å². The topological polar surface area (TPSA) is 106 Å². The average Bonchev–Trinajstić information content (AvgIpc) is 2.96.